The first-order valence-corrected chi connectivity index (χ1v) is 9.85. The minimum Gasteiger partial charge on any atom is -0.484 e. The van der Waals surface area contributed by atoms with Gasteiger partial charge < -0.3 is 19.8 Å². The third kappa shape index (κ3) is 4.26. The van der Waals surface area contributed by atoms with Crippen LogP contribution in [-0.2, 0) is 22.4 Å². The van der Waals surface area contributed by atoms with E-state index in [1.807, 2.05) is 37.3 Å². The van der Waals surface area contributed by atoms with E-state index >= 15 is 0 Å². The van der Waals surface area contributed by atoms with Gasteiger partial charge in [-0.1, -0.05) is 6.07 Å². The van der Waals surface area contributed by atoms with Crippen LogP contribution in [0.4, 0.5) is 11.4 Å². The molecule has 6 nitrogen and oxygen atoms in total. The second-order valence-corrected chi connectivity index (χ2v) is 7.44. The first-order chi connectivity index (χ1) is 14.0. The second-order valence-electron chi connectivity index (χ2n) is 7.44. The predicted octanol–water partition coefficient (Wildman–Crippen LogP) is 4.60. The highest BCUT2D eigenvalue weighted by Crippen LogP contribution is 2.34. The number of rotatable bonds is 5. The molecule has 0 saturated heterocycles. The van der Waals surface area contributed by atoms with E-state index in [1.54, 1.807) is 6.07 Å². The lowest BCUT2D eigenvalue weighted by molar-refractivity contribution is -0.118. The fourth-order valence-corrected chi connectivity index (χ4v) is 3.73. The number of carbonyl (C=O) groups excluding carboxylic acids is 2. The summed E-state index contributed by atoms with van der Waals surface area (Å²) in [6.07, 6.45) is 4.33. The highest BCUT2D eigenvalue weighted by molar-refractivity contribution is 5.99. The molecular formula is C23H24N2O4. The predicted molar refractivity (Wildman–Crippen MR) is 112 cm³/mol. The molecule has 1 aliphatic carbocycles. The number of nitrogens with one attached hydrogen (secondary N) is 2. The largest absolute Gasteiger partial charge is 0.484 e. The van der Waals surface area contributed by atoms with Crippen LogP contribution < -0.4 is 15.4 Å². The standard InChI is InChI=1S/C23H24N2O4/c1-14-7-9-19(24-15(2)26)20(11-14)25-23(27)13-28-16-8-10-22-18(12-16)17-5-3-4-6-21(17)29-22/h7-12H,3-6,13H2,1-2H3,(H,24,26)(H,25,27). The molecule has 0 bridgehead atoms. The SMILES string of the molecule is CC(=O)Nc1ccc(C)cc1NC(=O)COc1ccc2oc3c(c2c1)CCCC3. The highest BCUT2D eigenvalue weighted by Gasteiger charge is 2.18. The lowest BCUT2D eigenvalue weighted by atomic mass is 9.96. The fourth-order valence-electron chi connectivity index (χ4n) is 3.73. The Balaban J connectivity index is 1.45. The van der Waals surface area contributed by atoms with Crippen molar-refractivity contribution in [2.24, 2.45) is 0 Å². The molecule has 3 aromatic rings. The van der Waals surface area contributed by atoms with Crippen LogP contribution in [0.5, 0.6) is 5.75 Å². The molecule has 1 aromatic heterocycles. The molecule has 2 aromatic carbocycles. The average molecular weight is 392 g/mol. The Morgan fingerprint density at radius 3 is 2.69 bits per heavy atom. The van der Waals surface area contributed by atoms with E-state index < -0.39 is 0 Å². The molecular weight excluding hydrogens is 368 g/mol. The molecule has 0 spiro atoms. The highest BCUT2D eigenvalue weighted by atomic mass is 16.5. The number of amides is 2. The summed E-state index contributed by atoms with van der Waals surface area (Å²) in [5, 5.41) is 6.61. The number of hydrogen-bond acceptors (Lipinski definition) is 4. The summed E-state index contributed by atoms with van der Waals surface area (Å²) in [5.41, 5.74) is 4.22. The number of ether oxygens (including phenoxy) is 1. The Kier molecular flexibility index (Phi) is 5.25. The summed E-state index contributed by atoms with van der Waals surface area (Å²) in [4.78, 5) is 23.8. The molecule has 0 unspecified atom stereocenters. The van der Waals surface area contributed by atoms with Gasteiger partial charge >= 0.3 is 0 Å². The molecule has 1 heterocycles. The summed E-state index contributed by atoms with van der Waals surface area (Å²) in [5.74, 6) is 1.22. The van der Waals surface area contributed by atoms with Crippen LogP contribution in [0.15, 0.2) is 40.8 Å². The Morgan fingerprint density at radius 2 is 1.86 bits per heavy atom. The van der Waals surface area contributed by atoms with Gasteiger partial charge in [-0.05, 0) is 62.1 Å². The quantitative estimate of drug-likeness (QED) is 0.665. The topological polar surface area (TPSA) is 80.6 Å². The molecule has 0 aliphatic heterocycles. The van der Waals surface area contributed by atoms with Crippen LogP contribution in [0.2, 0.25) is 0 Å². The smallest absolute Gasteiger partial charge is 0.262 e. The van der Waals surface area contributed by atoms with Crippen molar-refractivity contribution in [3.8, 4) is 5.75 Å². The molecule has 0 saturated carbocycles. The third-order valence-electron chi connectivity index (χ3n) is 5.06. The summed E-state index contributed by atoms with van der Waals surface area (Å²) in [6, 6.07) is 11.1. The molecule has 150 valence electrons. The number of aryl methyl sites for hydroxylation is 3. The zero-order valence-corrected chi connectivity index (χ0v) is 16.6. The van der Waals surface area contributed by atoms with Crippen molar-refractivity contribution in [3.05, 3.63) is 53.3 Å². The van der Waals surface area contributed by atoms with Crippen LogP contribution in [0.1, 0.15) is 36.7 Å². The molecule has 0 fully saturated rings. The fraction of sp³-hybridized carbons (Fsp3) is 0.304. The molecule has 0 radical (unpaired) electrons. The third-order valence-corrected chi connectivity index (χ3v) is 5.06. The zero-order chi connectivity index (χ0) is 20.4. The van der Waals surface area contributed by atoms with Gasteiger partial charge in [0.05, 0.1) is 11.4 Å². The maximum Gasteiger partial charge on any atom is 0.262 e. The second kappa shape index (κ2) is 7.99. The van der Waals surface area contributed by atoms with E-state index in [4.69, 9.17) is 9.15 Å². The van der Waals surface area contributed by atoms with Crippen molar-refractivity contribution < 1.29 is 18.7 Å². The maximum atomic E-state index is 12.4. The Morgan fingerprint density at radius 1 is 1.03 bits per heavy atom. The summed E-state index contributed by atoms with van der Waals surface area (Å²) < 4.78 is 11.7. The van der Waals surface area contributed by atoms with E-state index in [2.05, 4.69) is 10.6 Å². The van der Waals surface area contributed by atoms with Gasteiger partial charge in [-0.25, -0.2) is 0 Å². The van der Waals surface area contributed by atoms with Gasteiger partial charge in [-0.3, -0.25) is 9.59 Å². The number of hydrogen-bond donors (Lipinski definition) is 2. The first-order valence-electron chi connectivity index (χ1n) is 9.85. The normalized spacial score (nSPS) is 13.0. The van der Waals surface area contributed by atoms with Crippen molar-refractivity contribution in [3.63, 3.8) is 0 Å². The van der Waals surface area contributed by atoms with Crippen molar-refractivity contribution in [1.82, 2.24) is 0 Å². The van der Waals surface area contributed by atoms with E-state index in [9.17, 15) is 9.59 Å². The summed E-state index contributed by atoms with van der Waals surface area (Å²) in [6.45, 7) is 3.23. The van der Waals surface area contributed by atoms with Gasteiger partial charge in [-0.2, -0.15) is 0 Å². The van der Waals surface area contributed by atoms with Crippen LogP contribution >= 0.6 is 0 Å². The van der Waals surface area contributed by atoms with Crippen molar-refractivity contribution in [2.75, 3.05) is 17.2 Å². The monoisotopic (exact) mass is 392 g/mol. The molecule has 6 heteroatoms. The molecule has 29 heavy (non-hydrogen) atoms. The Hall–Kier alpha value is -3.28. The van der Waals surface area contributed by atoms with E-state index in [-0.39, 0.29) is 18.4 Å². The Bertz CT molecular complexity index is 1080. The average Bonchev–Trinajstić information content (AvgIpc) is 3.06. The summed E-state index contributed by atoms with van der Waals surface area (Å²) in [7, 11) is 0. The van der Waals surface area contributed by atoms with Crippen LogP contribution in [0, 0.1) is 6.92 Å². The van der Waals surface area contributed by atoms with Gasteiger partial charge in [0.2, 0.25) is 5.91 Å². The van der Waals surface area contributed by atoms with Crippen molar-refractivity contribution in [2.45, 2.75) is 39.5 Å². The minimum absolute atomic E-state index is 0.126. The van der Waals surface area contributed by atoms with E-state index in [1.165, 1.54) is 18.9 Å². The Labute approximate surface area is 169 Å². The van der Waals surface area contributed by atoms with Gasteiger partial charge in [0, 0.05) is 24.3 Å². The maximum absolute atomic E-state index is 12.4. The molecule has 4 rings (SSSR count). The van der Waals surface area contributed by atoms with Crippen LogP contribution in [0.25, 0.3) is 11.0 Å². The van der Waals surface area contributed by atoms with E-state index in [0.29, 0.717) is 17.1 Å². The molecule has 1 aliphatic rings. The van der Waals surface area contributed by atoms with Gasteiger partial charge in [0.25, 0.3) is 5.91 Å². The number of anilines is 2. The lowest BCUT2D eigenvalue weighted by Gasteiger charge is -2.13. The van der Waals surface area contributed by atoms with Gasteiger partial charge in [-0.15, -0.1) is 0 Å². The molecule has 0 atom stereocenters. The molecule has 2 N–H and O–H groups in total. The number of carbonyl (C=O) groups is 2. The van der Waals surface area contributed by atoms with Gasteiger partial charge in [0.15, 0.2) is 6.61 Å². The number of fused-ring (bicyclic) bond motifs is 3. The number of furan rings is 1. The van der Waals surface area contributed by atoms with E-state index in [0.717, 1.165) is 41.6 Å². The first kappa shape index (κ1) is 19.1. The van der Waals surface area contributed by atoms with Crippen molar-refractivity contribution in [1.29, 1.82) is 0 Å². The van der Waals surface area contributed by atoms with Crippen LogP contribution in [0.3, 0.4) is 0 Å². The van der Waals surface area contributed by atoms with Gasteiger partial charge in [0.1, 0.15) is 17.1 Å². The minimum atomic E-state index is -0.295. The number of benzene rings is 2. The zero-order valence-electron chi connectivity index (χ0n) is 16.6. The van der Waals surface area contributed by atoms with Crippen molar-refractivity contribution >= 4 is 34.2 Å². The van der Waals surface area contributed by atoms with Crippen LogP contribution in [-0.4, -0.2) is 18.4 Å². The lowest BCUT2D eigenvalue weighted by Crippen LogP contribution is -2.21. The molecule has 2 amide bonds. The summed E-state index contributed by atoms with van der Waals surface area (Å²) >= 11 is 0.